The molecule has 2 heterocycles. The van der Waals surface area contributed by atoms with E-state index in [4.69, 9.17) is 0 Å². The Balaban J connectivity index is 1.59. The van der Waals surface area contributed by atoms with E-state index in [2.05, 4.69) is 46.2 Å². The average Bonchev–Trinajstić information content (AvgIpc) is 3.62. The number of fused-ring (bicyclic) bond motifs is 1. The topological polar surface area (TPSA) is 100 Å². The highest BCUT2D eigenvalue weighted by Crippen LogP contribution is 2.34. The average molecular weight is 422 g/mol. The van der Waals surface area contributed by atoms with Gasteiger partial charge in [0.1, 0.15) is 5.65 Å². The molecule has 0 radical (unpaired) electrons. The van der Waals surface area contributed by atoms with Gasteiger partial charge in [-0.05, 0) is 37.6 Å². The van der Waals surface area contributed by atoms with Gasteiger partial charge in [-0.15, -0.1) is 0 Å². The molecule has 3 aromatic rings. The van der Waals surface area contributed by atoms with Crippen molar-refractivity contribution in [2.75, 3.05) is 19.6 Å². The number of likely N-dealkylation sites (N-methyl/N-ethyl adjacent to an activating group) is 1. The minimum Gasteiger partial charge on any atom is -0.350 e. The van der Waals surface area contributed by atoms with Crippen molar-refractivity contribution in [3.63, 3.8) is 0 Å². The number of aromatic amines is 1. The zero-order valence-electron chi connectivity index (χ0n) is 17.8. The third kappa shape index (κ3) is 4.29. The largest absolute Gasteiger partial charge is 0.350 e. The number of pyridine rings is 1. The summed E-state index contributed by atoms with van der Waals surface area (Å²) in [4.78, 5) is 46.3. The van der Waals surface area contributed by atoms with E-state index < -0.39 is 11.2 Å². The van der Waals surface area contributed by atoms with Crippen LogP contribution in [-0.4, -0.2) is 45.0 Å². The van der Waals surface area contributed by atoms with Crippen LogP contribution in [0.15, 0.2) is 52.2 Å². The summed E-state index contributed by atoms with van der Waals surface area (Å²) in [5.74, 6) is -0.300. The predicted molar refractivity (Wildman–Crippen MR) is 119 cm³/mol. The molecular formula is C23H27N5O3. The normalized spacial score (nSPS) is 14.7. The summed E-state index contributed by atoms with van der Waals surface area (Å²) in [6, 6.07) is 11.7. The third-order valence-electron chi connectivity index (χ3n) is 5.85. The van der Waals surface area contributed by atoms with Gasteiger partial charge in [-0.2, -0.15) is 0 Å². The fourth-order valence-corrected chi connectivity index (χ4v) is 4.02. The molecule has 0 bridgehead atoms. The molecule has 0 spiro atoms. The lowest BCUT2D eigenvalue weighted by atomic mass is 10.0. The molecule has 1 aliphatic carbocycles. The molecule has 0 saturated heterocycles. The van der Waals surface area contributed by atoms with Crippen LogP contribution in [0.2, 0.25) is 0 Å². The molecule has 2 N–H and O–H groups in total. The van der Waals surface area contributed by atoms with Gasteiger partial charge in [0.25, 0.3) is 11.5 Å². The number of nitrogens with one attached hydrogen (secondary N) is 2. The molecule has 1 saturated carbocycles. The fourth-order valence-electron chi connectivity index (χ4n) is 4.02. The summed E-state index contributed by atoms with van der Waals surface area (Å²) in [5.41, 5.74) is 0.787. The number of rotatable bonds is 8. The summed E-state index contributed by atoms with van der Waals surface area (Å²) in [5, 5.41) is 3.24. The molecule has 4 rings (SSSR count). The highest BCUT2D eigenvalue weighted by Gasteiger charge is 2.28. The number of aromatic nitrogens is 3. The first-order chi connectivity index (χ1) is 15.0. The van der Waals surface area contributed by atoms with Crippen LogP contribution in [0.5, 0.6) is 0 Å². The van der Waals surface area contributed by atoms with Crippen LogP contribution >= 0.6 is 0 Å². The van der Waals surface area contributed by atoms with Crippen molar-refractivity contribution in [1.29, 1.82) is 0 Å². The molecule has 0 unspecified atom stereocenters. The smallest absolute Gasteiger partial charge is 0.330 e. The van der Waals surface area contributed by atoms with E-state index in [0.29, 0.717) is 17.8 Å². The van der Waals surface area contributed by atoms with Gasteiger partial charge in [-0.25, -0.2) is 9.78 Å². The number of H-pyrrole nitrogens is 1. The molecule has 0 aliphatic heterocycles. The quantitative estimate of drug-likeness (QED) is 0.581. The summed E-state index contributed by atoms with van der Waals surface area (Å²) in [6.45, 7) is 6.34. The number of nitrogens with zero attached hydrogens (tertiary/aromatic N) is 3. The van der Waals surface area contributed by atoms with Crippen molar-refractivity contribution in [3.8, 4) is 0 Å². The lowest BCUT2D eigenvalue weighted by molar-refractivity contribution is 0.0934. The van der Waals surface area contributed by atoms with E-state index in [0.717, 1.165) is 31.5 Å². The van der Waals surface area contributed by atoms with Crippen molar-refractivity contribution >= 4 is 16.9 Å². The van der Waals surface area contributed by atoms with E-state index in [1.54, 1.807) is 0 Å². The first-order valence-electron chi connectivity index (χ1n) is 10.7. The van der Waals surface area contributed by atoms with Crippen LogP contribution < -0.4 is 16.6 Å². The lowest BCUT2D eigenvalue weighted by Crippen LogP contribution is -2.38. The molecule has 1 amide bonds. The maximum absolute atomic E-state index is 12.9. The molecule has 1 aromatic carbocycles. The van der Waals surface area contributed by atoms with Crippen molar-refractivity contribution in [3.05, 3.63) is 74.6 Å². The Hall–Kier alpha value is -3.26. The molecule has 8 heteroatoms. The first kappa shape index (κ1) is 21.0. The SMILES string of the molecule is CCN(CC)[C@@H](CNC(=O)c1cnc2c(c1)c(=O)[nH]c(=O)n2C1CC1)c1ccccc1. The Morgan fingerprint density at radius 2 is 1.94 bits per heavy atom. The maximum Gasteiger partial charge on any atom is 0.330 e. The lowest BCUT2D eigenvalue weighted by Gasteiger charge is -2.30. The van der Waals surface area contributed by atoms with Crippen LogP contribution in [0.3, 0.4) is 0 Å². The monoisotopic (exact) mass is 421 g/mol. The number of carbonyl (C=O) groups excluding carboxylic acids is 1. The Bertz CT molecular complexity index is 1190. The van der Waals surface area contributed by atoms with Crippen LogP contribution in [0, 0.1) is 0 Å². The van der Waals surface area contributed by atoms with Crippen molar-refractivity contribution in [2.24, 2.45) is 0 Å². The second-order valence-corrected chi connectivity index (χ2v) is 7.81. The fraction of sp³-hybridized carbons (Fsp3) is 0.391. The van der Waals surface area contributed by atoms with Gasteiger partial charge < -0.3 is 5.32 Å². The van der Waals surface area contributed by atoms with Gasteiger partial charge in [0.15, 0.2) is 0 Å². The van der Waals surface area contributed by atoms with Gasteiger partial charge in [-0.3, -0.25) is 24.0 Å². The van der Waals surface area contributed by atoms with Gasteiger partial charge >= 0.3 is 5.69 Å². The molecule has 1 atom stereocenters. The Morgan fingerprint density at radius 3 is 2.58 bits per heavy atom. The summed E-state index contributed by atoms with van der Waals surface area (Å²) in [6.07, 6.45) is 3.21. The van der Waals surface area contributed by atoms with E-state index in [1.165, 1.54) is 16.8 Å². The number of amides is 1. The summed E-state index contributed by atoms with van der Waals surface area (Å²) < 4.78 is 1.52. The van der Waals surface area contributed by atoms with Crippen LogP contribution in [0.1, 0.15) is 54.7 Å². The summed E-state index contributed by atoms with van der Waals surface area (Å²) in [7, 11) is 0. The van der Waals surface area contributed by atoms with Crippen molar-refractivity contribution in [1.82, 2.24) is 24.8 Å². The first-order valence-corrected chi connectivity index (χ1v) is 10.7. The molecule has 8 nitrogen and oxygen atoms in total. The Kier molecular flexibility index (Phi) is 5.99. The van der Waals surface area contributed by atoms with Crippen molar-refractivity contribution in [2.45, 2.75) is 38.8 Å². The van der Waals surface area contributed by atoms with Crippen LogP contribution in [-0.2, 0) is 0 Å². The minimum absolute atomic E-state index is 0.0389. The molecule has 2 aromatic heterocycles. The van der Waals surface area contributed by atoms with Crippen molar-refractivity contribution < 1.29 is 4.79 Å². The molecule has 1 aliphatic rings. The van der Waals surface area contributed by atoms with Gasteiger partial charge in [0.05, 0.1) is 17.0 Å². The van der Waals surface area contributed by atoms with E-state index >= 15 is 0 Å². The zero-order valence-corrected chi connectivity index (χ0v) is 17.8. The summed E-state index contributed by atoms with van der Waals surface area (Å²) >= 11 is 0. The molecule has 31 heavy (non-hydrogen) atoms. The third-order valence-corrected chi connectivity index (χ3v) is 5.85. The Morgan fingerprint density at radius 1 is 1.23 bits per heavy atom. The van der Waals surface area contributed by atoms with E-state index in [-0.39, 0.29) is 23.4 Å². The zero-order chi connectivity index (χ0) is 22.0. The number of hydrogen-bond donors (Lipinski definition) is 2. The highest BCUT2D eigenvalue weighted by molar-refractivity contribution is 5.96. The number of carbonyl (C=O) groups is 1. The number of benzene rings is 1. The second-order valence-electron chi connectivity index (χ2n) is 7.81. The van der Waals surface area contributed by atoms with Gasteiger partial charge in [0.2, 0.25) is 0 Å². The van der Waals surface area contributed by atoms with E-state index in [1.807, 2.05) is 18.2 Å². The Labute approximate surface area is 179 Å². The molecule has 162 valence electrons. The number of hydrogen-bond acceptors (Lipinski definition) is 5. The maximum atomic E-state index is 12.9. The predicted octanol–water partition coefficient (Wildman–Crippen LogP) is 2.23. The highest BCUT2D eigenvalue weighted by atomic mass is 16.2. The second kappa shape index (κ2) is 8.85. The van der Waals surface area contributed by atoms with Crippen LogP contribution in [0.25, 0.3) is 11.0 Å². The van der Waals surface area contributed by atoms with Gasteiger partial charge in [0, 0.05) is 18.8 Å². The minimum atomic E-state index is -0.524. The van der Waals surface area contributed by atoms with E-state index in [9.17, 15) is 14.4 Å². The van der Waals surface area contributed by atoms with Gasteiger partial charge in [-0.1, -0.05) is 44.2 Å². The molecular weight excluding hydrogens is 394 g/mol. The standard InChI is InChI=1S/C23H27N5O3/c1-3-27(4-2)19(15-8-6-5-7-9-15)14-25-21(29)16-12-18-20(24-13-16)28(17-10-11-17)23(31)26-22(18)30/h5-9,12-13,17,19H,3-4,10-11,14H2,1-2H3,(H,25,29)(H,26,30,31)/t19-/m0/s1. The molecule has 1 fully saturated rings. The van der Waals surface area contributed by atoms with Crippen LogP contribution in [0.4, 0.5) is 0 Å².